The van der Waals surface area contributed by atoms with E-state index in [4.69, 9.17) is 18.5 Å². The van der Waals surface area contributed by atoms with Crippen LogP contribution in [0.15, 0.2) is 60.8 Å². The molecule has 0 aromatic rings. The predicted molar refractivity (Wildman–Crippen MR) is 411 cm³/mol. The molecule has 2 atom stereocenters. The Morgan fingerprint density at radius 2 is 0.600 bits per heavy atom. The first-order valence-electron chi connectivity index (χ1n) is 41.5. The molecule has 95 heavy (non-hydrogen) atoms. The smallest absolute Gasteiger partial charge is 0.306 e. The predicted octanol–water partition coefficient (Wildman–Crippen LogP) is 27.0. The number of ether oxygens (including phenoxy) is 2. The van der Waals surface area contributed by atoms with E-state index in [-0.39, 0.29) is 32.0 Å². The number of unbranched alkanes of at least 4 members (excludes halogenated alkanes) is 54. The summed E-state index contributed by atoms with van der Waals surface area (Å²) >= 11 is 0. The Balaban J connectivity index is 3.89. The van der Waals surface area contributed by atoms with Crippen molar-refractivity contribution in [1.82, 2.24) is 0 Å². The normalized spacial score (nSPS) is 13.3. The van der Waals surface area contributed by atoms with Gasteiger partial charge in [0.05, 0.1) is 27.7 Å². The zero-order chi connectivity index (χ0) is 69.0. The van der Waals surface area contributed by atoms with Gasteiger partial charge in [-0.05, 0) is 57.8 Å². The molecule has 558 valence electrons. The maximum Gasteiger partial charge on any atom is 0.306 e. The van der Waals surface area contributed by atoms with Crippen molar-refractivity contribution in [3.8, 4) is 0 Å². The monoisotopic (exact) mass is 1350 g/mol. The van der Waals surface area contributed by atoms with Crippen LogP contribution in [-0.2, 0) is 32.7 Å². The number of hydrogen-bond acceptors (Lipinski definition) is 8. The lowest BCUT2D eigenvalue weighted by atomic mass is 10.0. The maximum atomic E-state index is 12.9. The van der Waals surface area contributed by atoms with Crippen molar-refractivity contribution in [2.75, 3.05) is 47.5 Å². The fourth-order valence-corrected chi connectivity index (χ4v) is 13.2. The minimum atomic E-state index is -4.65. The number of rotatable bonds is 78. The van der Waals surface area contributed by atoms with E-state index in [1.54, 1.807) is 0 Å². The lowest BCUT2D eigenvalue weighted by molar-refractivity contribution is -0.870. The third-order valence-electron chi connectivity index (χ3n) is 18.8. The molecule has 2 unspecified atom stereocenters. The van der Waals surface area contributed by atoms with Crippen LogP contribution in [-0.4, -0.2) is 70.0 Å². The number of carbonyl (C=O) groups excluding carboxylic acids is 2. The highest BCUT2D eigenvalue weighted by Crippen LogP contribution is 2.38. The van der Waals surface area contributed by atoms with Crippen molar-refractivity contribution < 1.29 is 42.1 Å². The minimum absolute atomic E-state index is 0.0290. The van der Waals surface area contributed by atoms with Crippen LogP contribution in [0.1, 0.15) is 418 Å². The molecule has 0 radical (unpaired) electrons. The van der Waals surface area contributed by atoms with E-state index in [9.17, 15) is 19.0 Å². The van der Waals surface area contributed by atoms with Gasteiger partial charge in [0.1, 0.15) is 19.8 Å². The largest absolute Gasteiger partial charge is 0.756 e. The van der Waals surface area contributed by atoms with E-state index >= 15 is 0 Å². The van der Waals surface area contributed by atoms with E-state index in [1.807, 2.05) is 21.1 Å². The van der Waals surface area contributed by atoms with Gasteiger partial charge >= 0.3 is 11.9 Å². The topological polar surface area (TPSA) is 111 Å². The van der Waals surface area contributed by atoms with Gasteiger partial charge in [0.25, 0.3) is 7.82 Å². The molecule has 0 heterocycles. The highest BCUT2D eigenvalue weighted by atomic mass is 31.2. The summed E-state index contributed by atoms with van der Waals surface area (Å²) in [4.78, 5) is 38.2. The minimum Gasteiger partial charge on any atom is -0.756 e. The Kier molecular flexibility index (Phi) is 74.1. The van der Waals surface area contributed by atoms with E-state index in [0.29, 0.717) is 17.4 Å². The molecule has 0 bridgehead atoms. The van der Waals surface area contributed by atoms with Crippen molar-refractivity contribution in [3.63, 3.8) is 0 Å². The lowest BCUT2D eigenvalue weighted by Gasteiger charge is -2.28. The molecule has 0 spiro atoms. The number of phosphoric acid groups is 1. The summed E-state index contributed by atoms with van der Waals surface area (Å²) in [6.07, 6.45) is 102. The summed E-state index contributed by atoms with van der Waals surface area (Å²) < 4.78 is 34.4. The second-order valence-electron chi connectivity index (χ2n) is 29.5. The molecule has 0 aliphatic heterocycles. The van der Waals surface area contributed by atoms with Gasteiger partial charge in [-0.1, -0.05) is 408 Å². The SMILES string of the molecule is CC/C=C\C/C=C\C/C=C\C/C=C\C/C=C\CCCCCCCCCCCCCCCCCCCC(=O)OC(COC(=O)CCCCCCCCCCCCCCCCCCCCCCCCCCCCCCCCCCCCCCCC)COP(=O)([O-])OCC[N+](C)(C)C. The van der Waals surface area contributed by atoms with Crippen LogP contribution in [0.3, 0.4) is 0 Å². The Hall–Kier alpha value is -2.29. The third-order valence-corrected chi connectivity index (χ3v) is 19.8. The molecule has 0 N–H and O–H groups in total. The number of allylic oxidation sites excluding steroid dienone is 10. The average molecular weight is 1360 g/mol. The van der Waals surface area contributed by atoms with Crippen LogP contribution in [0.4, 0.5) is 0 Å². The summed E-state index contributed by atoms with van der Waals surface area (Å²) in [5, 5.41) is 0. The standard InChI is InChI=1S/C85H160NO8P/c1-6-8-10-12-14-16-18-20-22-24-26-28-30-32-34-36-38-40-41-42-43-44-46-47-49-51-53-55-57-59-61-63-65-67-69-71-73-75-77-84(87)91-81-83(82-93-95(89,90)92-80-79-86(3,4)5)94-85(88)78-76-74-72-70-68-66-64-62-60-58-56-54-52-50-48-45-39-37-35-33-31-29-27-25-23-21-19-17-15-13-11-9-7-2/h9,11,15,17,21,23,27,29,33,35,83H,6-8,10,12-14,16,18-20,22,24-26,28,30-32,34,36-82H2,1-5H3/b11-9-,17-15-,23-21-,29-27-,35-33-. The number of carbonyl (C=O) groups is 2. The van der Waals surface area contributed by atoms with Gasteiger partial charge in [-0.3, -0.25) is 14.2 Å². The molecule has 0 aromatic carbocycles. The lowest BCUT2D eigenvalue weighted by Crippen LogP contribution is -2.37. The zero-order valence-electron chi connectivity index (χ0n) is 63.9. The Bertz CT molecular complexity index is 1790. The second kappa shape index (κ2) is 75.9. The fourth-order valence-electron chi connectivity index (χ4n) is 12.5. The van der Waals surface area contributed by atoms with Gasteiger partial charge in [-0.25, -0.2) is 0 Å². The van der Waals surface area contributed by atoms with Gasteiger partial charge in [0.2, 0.25) is 0 Å². The maximum absolute atomic E-state index is 12.9. The van der Waals surface area contributed by atoms with Crippen LogP contribution in [0.2, 0.25) is 0 Å². The van der Waals surface area contributed by atoms with Crippen molar-refractivity contribution in [2.24, 2.45) is 0 Å². The van der Waals surface area contributed by atoms with Crippen LogP contribution >= 0.6 is 7.82 Å². The molecular weight excluding hydrogens is 1190 g/mol. The van der Waals surface area contributed by atoms with Gasteiger partial charge in [-0.15, -0.1) is 0 Å². The van der Waals surface area contributed by atoms with Crippen LogP contribution in [0, 0.1) is 0 Å². The van der Waals surface area contributed by atoms with Crippen LogP contribution in [0.5, 0.6) is 0 Å². The number of likely N-dealkylation sites (N-methyl/N-ethyl adjacent to an activating group) is 1. The number of hydrogen-bond donors (Lipinski definition) is 0. The van der Waals surface area contributed by atoms with Gasteiger partial charge in [0, 0.05) is 12.8 Å². The molecule has 0 amide bonds. The van der Waals surface area contributed by atoms with Crippen molar-refractivity contribution in [3.05, 3.63) is 60.8 Å². The molecule has 0 saturated heterocycles. The van der Waals surface area contributed by atoms with Gasteiger partial charge in [-0.2, -0.15) is 0 Å². The molecule has 0 aliphatic carbocycles. The number of phosphoric ester groups is 1. The summed E-state index contributed by atoms with van der Waals surface area (Å²) in [5.74, 6) is -0.811. The quantitative estimate of drug-likeness (QED) is 0.0195. The highest BCUT2D eigenvalue weighted by Gasteiger charge is 2.22. The van der Waals surface area contributed by atoms with E-state index in [2.05, 4.69) is 74.6 Å². The first kappa shape index (κ1) is 92.7. The Morgan fingerprint density at radius 1 is 0.337 bits per heavy atom. The summed E-state index contributed by atoms with van der Waals surface area (Å²) in [6.45, 7) is 4.20. The molecule has 0 fully saturated rings. The highest BCUT2D eigenvalue weighted by molar-refractivity contribution is 7.45. The molecule has 9 nitrogen and oxygen atoms in total. The number of esters is 2. The first-order chi connectivity index (χ1) is 46.5. The van der Waals surface area contributed by atoms with E-state index in [1.165, 1.54) is 315 Å². The molecule has 0 aromatic heterocycles. The van der Waals surface area contributed by atoms with Crippen molar-refractivity contribution in [1.29, 1.82) is 0 Å². The molecule has 0 rings (SSSR count). The zero-order valence-corrected chi connectivity index (χ0v) is 64.8. The Labute approximate surface area is 591 Å². The fraction of sp³-hybridized carbons (Fsp3) is 0.859. The van der Waals surface area contributed by atoms with Crippen molar-refractivity contribution in [2.45, 2.75) is 424 Å². The van der Waals surface area contributed by atoms with Crippen molar-refractivity contribution >= 4 is 19.8 Å². The third kappa shape index (κ3) is 80.6. The Morgan fingerprint density at radius 3 is 0.895 bits per heavy atom. The average Bonchev–Trinajstić information content (AvgIpc) is 1.80. The van der Waals surface area contributed by atoms with E-state index < -0.39 is 26.5 Å². The summed E-state index contributed by atoms with van der Waals surface area (Å²) in [7, 11) is 1.19. The number of nitrogens with zero attached hydrogens (tertiary/aromatic N) is 1. The summed E-state index contributed by atoms with van der Waals surface area (Å²) in [5.41, 5.74) is 0. The molecule has 0 saturated carbocycles. The second-order valence-corrected chi connectivity index (χ2v) is 30.9. The summed E-state index contributed by atoms with van der Waals surface area (Å²) in [6, 6.07) is 0. The molecule has 0 aliphatic rings. The molecule has 10 heteroatoms. The number of quaternary nitrogens is 1. The van der Waals surface area contributed by atoms with E-state index in [0.717, 1.165) is 70.6 Å². The molecular formula is C85H160NO8P. The van der Waals surface area contributed by atoms with Crippen LogP contribution < -0.4 is 4.89 Å². The van der Waals surface area contributed by atoms with Gasteiger partial charge < -0.3 is 27.9 Å². The first-order valence-corrected chi connectivity index (χ1v) is 43.0. The van der Waals surface area contributed by atoms with Crippen LogP contribution in [0.25, 0.3) is 0 Å². The van der Waals surface area contributed by atoms with Gasteiger partial charge in [0.15, 0.2) is 6.10 Å².